The van der Waals surface area contributed by atoms with Crippen molar-refractivity contribution < 1.29 is 0 Å². The highest BCUT2D eigenvalue weighted by molar-refractivity contribution is 5.49. The summed E-state index contributed by atoms with van der Waals surface area (Å²) in [5.41, 5.74) is 5.43. The number of aryl methyl sites for hydroxylation is 2. The summed E-state index contributed by atoms with van der Waals surface area (Å²) in [4.78, 5) is 0. The topological polar surface area (TPSA) is 0 Å². The molecular formula is C19H16. The molecule has 92 valence electrons. The average molecular weight is 244 g/mol. The van der Waals surface area contributed by atoms with Gasteiger partial charge in [0.25, 0.3) is 0 Å². The first-order chi connectivity index (χ1) is 9.22. The van der Waals surface area contributed by atoms with E-state index in [1.165, 1.54) is 11.1 Å². The summed E-state index contributed by atoms with van der Waals surface area (Å²) < 4.78 is 0. The Hall–Kier alpha value is -2.44. The predicted molar refractivity (Wildman–Crippen MR) is 80.9 cm³/mol. The second-order valence-electron chi connectivity index (χ2n) is 4.49. The summed E-state index contributed by atoms with van der Waals surface area (Å²) >= 11 is 0. The molecule has 2 aromatic carbocycles. The monoisotopic (exact) mass is 244 g/mol. The van der Waals surface area contributed by atoms with Crippen LogP contribution in [0.3, 0.4) is 0 Å². The maximum atomic E-state index is 5.47. The second-order valence-corrected chi connectivity index (χ2v) is 4.49. The van der Waals surface area contributed by atoms with Crippen LogP contribution in [0.2, 0.25) is 0 Å². The van der Waals surface area contributed by atoms with Gasteiger partial charge in [-0.15, -0.1) is 6.42 Å². The number of rotatable bonds is 1. The number of hydrogen-bond donors (Lipinski definition) is 0. The van der Waals surface area contributed by atoms with Crippen LogP contribution in [0, 0.1) is 31.1 Å². The highest BCUT2D eigenvalue weighted by atomic mass is 14.0. The smallest absolute Gasteiger partial charge is 0.0275 e. The van der Waals surface area contributed by atoms with Crippen LogP contribution < -0.4 is 0 Å². The van der Waals surface area contributed by atoms with E-state index in [0.717, 1.165) is 23.1 Å². The normalized spacial score (nSPS) is 9.32. The van der Waals surface area contributed by atoms with Crippen molar-refractivity contribution in [3.05, 3.63) is 70.3 Å². The molecule has 0 fully saturated rings. The summed E-state index contributed by atoms with van der Waals surface area (Å²) in [5, 5.41) is 0. The van der Waals surface area contributed by atoms with Crippen LogP contribution in [0.1, 0.15) is 34.7 Å². The molecule has 0 aliphatic heterocycles. The van der Waals surface area contributed by atoms with Gasteiger partial charge in [-0.1, -0.05) is 42.4 Å². The Balaban J connectivity index is 2.30. The molecule has 0 heterocycles. The van der Waals surface area contributed by atoms with Crippen LogP contribution in [0.5, 0.6) is 0 Å². The van der Waals surface area contributed by atoms with E-state index < -0.39 is 0 Å². The van der Waals surface area contributed by atoms with Crippen LogP contribution in [0.4, 0.5) is 0 Å². The van der Waals surface area contributed by atoms with Crippen LogP contribution in [-0.4, -0.2) is 0 Å². The molecule has 0 heteroatoms. The molecule has 0 unspecified atom stereocenters. The van der Waals surface area contributed by atoms with E-state index in [4.69, 9.17) is 6.42 Å². The van der Waals surface area contributed by atoms with Gasteiger partial charge >= 0.3 is 0 Å². The Bertz CT molecular complexity index is 671. The lowest BCUT2D eigenvalue weighted by molar-refractivity contribution is 1.13. The molecule has 0 aliphatic rings. The zero-order chi connectivity index (χ0) is 13.7. The SMILES string of the molecule is C#Cc1ccc(C#Cc2ccc(C)cc2)cc1CC. The van der Waals surface area contributed by atoms with Crippen LogP contribution in [0.25, 0.3) is 0 Å². The Morgan fingerprint density at radius 3 is 2.21 bits per heavy atom. The molecule has 0 bridgehead atoms. The quantitative estimate of drug-likeness (QED) is 0.667. The Morgan fingerprint density at radius 1 is 0.947 bits per heavy atom. The lowest BCUT2D eigenvalue weighted by Crippen LogP contribution is -1.88. The van der Waals surface area contributed by atoms with Gasteiger partial charge in [0.15, 0.2) is 0 Å². The summed E-state index contributed by atoms with van der Waals surface area (Å²) in [6, 6.07) is 14.3. The molecule has 0 radical (unpaired) electrons. The van der Waals surface area contributed by atoms with Crippen molar-refractivity contribution in [2.24, 2.45) is 0 Å². The third-order valence-electron chi connectivity index (χ3n) is 3.04. The first kappa shape index (κ1) is 13.0. The fraction of sp³-hybridized carbons (Fsp3) is 0.158. The molecule has 0 atom stereocenters. The van der Waals surface area contributed by atoms with E-state index >= 15 is 0 Å². The molecule has 0 aromatic heterocycles. The fourth-order valence-corrected chi connectivity index (χ4v) is 1.89. The molecule has 0 spiro atoms. The zero-order valence-electron chi connectivity index (χ0n) is 11.3. The lowest BCUT2D eigenvalue weighted by Gasteiger charge is -2.01. The summed E-state index contributed by atoms with van der Waals surface area (Å²) in [6.07, 6.45) is 6.40. The van der Waals surface area contributed by atoms with Gasteiger partial charge in [0.2, 0.25) is 0 Å². The van der Waals surface area contributed by atoms with E-state index in [9.17, 15) is 0 Å². The van der Waals surface area contributed by atoms with Gasteiger partial charge in [-0.3, -0.25) is 0 Å². The van der Waals surface area contributed by atoms with Gasteiger partial charge in [0.1, 0.15) is 0 Å². The van der Waals surface area contributed by atoms with E-state index in [-0.39, 0.29) is 0 Å². The molecular weight excluding hydrogens is 228 g/mol. The third-order valence-corrected chi connectivity index (χ3v) is 3.04. The van der Waals surface area contributed by atoms with Crippen molar-refractivity contribution in [3.63, 3.8) is 0 Å². The summed E-state index contributed by atoms with van der Waals surface area (Å²) in [6.45, 7) is 4.18. The van der Waals surface area contributed by atoms with Crippen molar-refractivity contribution in [1.29, 1.82) is 0 Å². The summed E-state index contributed by atoms with van der Waals surface area (Å²) in [7, 11) is 0. The van der Waals surface area contributed by atoms with Crippen LogP contribution in [-0.2, 0) is 6.42 Å². The van der Waals surface area contributed by atoms with Gasteiger partial charge in [0.05, 0.1) is 0 Å². The molecule has 0 saturated heterocycles. The lowest BCUT2D eigenvalue weighted by atomic mass is 10.0. The minimum absolute atomic E-state index is 0.930. The summed E-state index contributed by atoms with van der Waals surface area (Å²) in [5.74, 6) is 9.07. The third kappa shape index (κ3) is 3.27. The zero-order valence-corrected chi connectivity index (χ0v) is 11.3. The number of benzene rings is 2. The van der Waals surface area contributed by atoms with Crippen molar-refractivity contribution in [3.8, 4) is 24.2 Å². The van der Waals surface area contributed by atoms with Gasteiger partial charge in [-0.25, -0.2) is 0 Å². The molecule has 2 aromatic rings. The van der Waals surface area contributed by atoms with Crippen molar-refractivity contribution in [1.82, 2.24) is 0 Å². The fourth-order valence-electron chi connectivity index (χ4n) is 1.89. The molecule has 2 rings (SSSR count). The predicted octanol–water partition coefficient (Wildman–Crippen LogP) is 3.94. The Kier molecular flexibility index (Phi) is 4.07. The maximum Gasteiger partial charge on any atom is 0.0275 e. The first-order valence-electron chi connectivity index (χ1n) is 6.41. The second kappa shape index (κ2) is 5.94. The number of hydrogen-bond acceptors (Lipinski definition) is 0. The van der Waals surface area contributed by atoms with Gasteiger partial charge in [0, 0.05) is 16.7 Å². The number of terminal acetylenes is 1. The average Bonchev–Trinajstić information content (AvgIpc) is 2.46. The molecule has 0 saturated carbocycles. The Morgan fingerprint density at radius 2 is 1.58 bits per heavy atom. The highest BCUT2D eigenvalue weighted by Gasteiger charge is 1.98. The van der Waals surface area contributed by atoms with Gasteiger partial charge in [-0.2, -0.15) is 0 Å². The molecule has 0 amide bonds. The molecule has 0 nitrogen and oxygen atoms in total. The highest BCUT2D eigenvalue weighted by Crippen LogP contribution is 2.11. The van der Waals surface area contributed by atoms with Crippen LogP contribution in [0.15, 0.2) is 42.5 Å². The van der Waals surface area contributed by atoms with E-state index in [2.05, 4.69) is 49.8 Å². The first-order valence-corrected chi connectivity index (χ1v) is 6.41. The van der Waals surface area contributed by atoms with E-state index in [1.807, 2.05) is 24.3 Å². The van der Waals surface area contributed by atoms with E-state index in [0.29, 0.717) is 0 Å². The molecule has 0 aliphatic carbocycles. The molecule has 0 N–H and O–H groups in total. The largest absolute Gasteiger partial charge is 0.115 e. The van der Waals surface area contributed by atoms with Gasteiger partial charge in [-0.05, 0) is 49.2 Å². The van der Waals surface area contributed by atoms with E-state index in [1.54, 1.807) is 0 Å². The maximum absolute atomic E-state index is 5.47. The molecule has 19 heavy (non-hydrogen) atoms. The minimum atomic E-state index is 0.930. The van der Waals surface area contributed by atoms with Crippen molar-refractivity contribution in [2.45, 2.75) is 20.3 Å². The van der Waals surface area contributed by atoms with Crippen molar-refractivity contribution in [2.75, 3.05) is 0 Å². The van der Waals surface area contributed by atoms with Gasteiger partial charge < -0.3 is 0 Å². The van der Waals surface area contributed by atoms with Crippen molar-refractivity contribution >= 4 is 0 Å². The van der Waals surface area contributed by atoms with Crippen LogP contribution >= 0.6 is 0 Å². The minimum Gasteiger partial charge on any atom is -0.115 e. The standard InChI is InChI=1S/C19H16/c1-4-18-13-12-17(14-19(18)5-2)11-10-16-8-6-15(3)7-9-16/h1,6-9,12-14H,5H2,2-3H3. The Labute approximate surface area is 115 Å².